The highest BCUT2D eigenvalue weighted by molar-refractivity contribution is 7.79. The molecule has 162 valence electrons. The summed E-state index contributed by atoms with van der Waals surface area (Å²) in [4.78, 5) is 26.4. The van der Waals surface area contributed by atoms with Gasteiger partial charge in [-0.05, 0) is 44.0 Å². The molecule has 0 bridgehead atoms. The van der Waals surface area contributed by atoms with Crippen molar-refractivity contribution in [3.05, 3.63) is 0 Å². The Bertz CT molecular complexity index is 418. The van der Waals surface area contributed by atoms with Crippen molar-refractivity contribution in [3.8, 4) is 0 Å². The van der Waals surface area contributed by atoms with Crippen molar-refractivity contribution in [2.75, 3.05) is 39.5 Å². The lowest BCUT2D eigenvalue weighted by molar-refractivity contribution is -0.131. The highest BCUT2D eigenvalue weighted by Crippen LogP contribution is 2.33. The van der Waals surface area contributed by atoms with Crippen LogP contribution >= 0.6 is 12.6 Å². The van der Waals surface area contributed by atoms with E-state index in [0.29, 0.717) is 25.4 Å². The largest absolute Gasteiger partial charge is 0.355 e. The molecule has 0 saturated carbocycles. The maximum absolute atomic E-state index is 12.3. The van der Waals surface area contributed by atoms with E-state index in [1.165, 1.54) is 6.42 Å². The maximum atomic E-state index is 12.3. The van der Waals surface area contributed by atoms with Gasteiger partial charge in [0.15, 0.2) is 0 Å². The topological polar surface area (TPSA) is 61.4 Å². The van der Waals surface area contributed by atoms with Crippen LogP contribution in [-0.4, -0.2) is 56.2 Å². The molecular formula is C21H45N3O2S. The predicted octanol–water partition coefficient (Wildman–Crippen LogP) is 3.60. The Hall–Kier alpha value is -0.750. The second-order valence-electron chi connectivity index (χ2n) is 9.46. The Balaban J connectivity index is 0. The molecule has 0 atom stereocenters. The Morgan fingerprint density at radius 3 is 2.00 bits per heavy atom. The molecule has 6 heteroatoms. The van der Waals surface area contributed by atoms with Crippen molar-refractivity contribution < 1.29 is 9.59 Å². The van der Waals surface area contributed by atoms with Crippen LogP contribution in [0.25, 0.3) is 0 Å². The average Bonchev–Trinajstić information content (AvgIpc) is 2.52. The molecule has 0 aromatic carbocycles. The quantitative estimate of drug-likeness (QED) is 0.462. The lowest BCUT2D eigenvalue weighted by atomic mass is 9.76. The standard InChI is InChI=1S/C20H41N3O2.CH4S/c1-16(2)10-13-23(8)14-12-21-17(24)9-11-22-18(25)20(6,7)15-19(3,4)5;1-2/h16H,9-15H2,1-8H3,(H,21,24)(H,22,25);2H,1H3. The lowest BCUT2D eigenvalue weighted by Crippen LogP contribution is -2.41. The maximum Gasteiger partial charge on any atom is 0.225 e. The van der Waals surface area contributed by atoms with Gasteiger partial charge in [0.1, 0.15) is 0 Å². The second-order valence-corrected chi connectivity index (χ2v) is 9.46. The van der Waals surface area contributed by atoms with Crippen LogP contribution in [-0.2, 0) is 9.59 Å². The van der Waals surface area contributed by atoms with Crippen molar-refractivity contribution in [2.24, 2.45) is 16.7 Å². The Morgan fingerprint density at radius 2 is 1.52 bits per heavy atom. The van der Waals surface area contributed by atoms with Gasteiger partial charge in [-0.3, -0.25) is 9.59 Å². The van der Waals surface area contributed by atoms with Gasteiger partial charge in [-0.1, -0.05) is 48.5 Å². The van der Waals surface area contributed by atoms with E-state index in [9.17, 15) is 9.59 Å². The Kier molecular flexibility index (Phi) is 15.0. The SMILES string of the molecule is CC(C)CCN(C)CCNC(=O)CCNC(=O)C(C)(C)CC(C)(C)C.CS. The lowest BCUT2D eigenvalue weighted by Gasteiger charge is -2.31. The van der Waals surface area contributed by atoms with Crippen LogP contribution in [0, 0.1) is 16.7 Å². The van der Waals surface area contributed by atoms with Gasteiger partial charge in [0, 0.05) is 31.5 Å². The van der Waals surface area contributed by atoms with E-state index >= 15 is 0 Å². The molecule has 27 heavy (non-hydrogen) atoms. The summed E-state index contributed by atoms with van der Waals surface area (Å²) in [6.07, 6.45) is 3.99. The summed E-state index contributed by atoms with van der Waals surface area (Å²) < 4.78 is 0. The third-order valence-electron chi connectivity index (χ3n) is 4.13. The second kappa shape index (κ2) is 14.3. The van der Waals surface area contributed by atoms with E-state index in [-0.39, 0.29) is 17.2 Å². The molecule has 0 heterocycles. The highest BCUT2D eigenvalue weighted by Gasteiger charge is 2.32. The van der Waals surface area contributed by atoms with Gasteiger partial charge in [-0.15, -0.1) is 0 Å². The zero-order valence-electron chi connectivity index (χ0n) is 19.2. The first-order valence-corrected chi connectivity index (χ1v) is 10.9. The Morgan fingerprint density at radius 1 is 0.963 bits per heavy atom. The number of carbonyl (C=O) groups excluding carboxylic acids is 2. The van der Waals surface area contributed by atoms with Crippen LogP contribution in [0.2, 0.25) is 0 Å². The first-order chi connectivity index (χ1) is 12.3. The van der Waals surface area contributed by atoms with E-state index in [1.54, 1.807) is 6.26 Å². The molecule has 0 aromatic rings. The van der Waals surface area contributed by atoms with Crippen molar-refractivity contribution in [3.63, 3.8) is 0 Å². The van der Waals surface area contributed by atoms with Gasteiger partial charge in [0.05, 0.1) is 0 Å². The summed E-state index contributed by atoms with van der Waals surface area (Å²) in [6.45, 7) is 17.7. The van der Waals surface area contributed by atoms with E-state index in [1.807, 2.05) is 13.8 Å². The molecular weight excluding hydrogens is 358 g/mol. The fraction of sp³-hybridized carbons (Fsp3) is 0.905. The van der Waals surface area contributed by atoms with E-state index < -0.39 is 5.41 Å². The van der Waals surface area contributed by atoms with Crippen LogP contribution in [0.3, 0.4) is 0 Å². The molecule has 2 N–H and O–H groups in total. The number of hydrogen-bond acceptors (Lipinski definition) is 4. The zero-order valence-corrected chi connectivity index (χ0v) is 20.1. The molecule has 0 aliphatic carbocycles. The van der Waals surface area contributed by atoms with Gasteiger partial charge >= 0.3 is 0 Å². The van der Waals surface area contributed by atoms with Gasteiger partial charge in [-0.2, -0.15) is 12.6 Å². The number of nitrogens with zero attached hydrogens (tertiary/aromatic N) is 1. The zero-order chi connectivity index (χ0) is 21.7. The van der Waals surface area contributed by atoms with E-state index in [0.717, 1.165) is 19.5 Å². The minimum absolute atomic E-state index is 0.00816. The summed E-state index contributed by atoms with van der Waals surface area (Å²) >= 11 is 3.53. The van der Waals surface area contributed by atoms with Crippen molar-refractivity contribution in [1.29, 1.82) is 0 Å². The number of amides is 2. The van der Waals surface area contributed by atoms with Crippen LogP contribution in [0.1, 0.15) is 67.7 Å². The molecule has 5 nitrogen and oxygen atoms in total. The summed E-state index contributed by atoms with van der Waals surface area (Å²) in [5.74, 6) is 0.706. The van der Waals surface area contributed by atoms with Gasteiger partial charge in [0.25, 0.3) is 0 Å². The van der Waals surface area contributed by atoms with Gasteiger partial charge < -0.3 is 15.5 Å². The number of thiol groups is 1. The number of hydrogen-bond donors (Lipinski definition) is 3. The molecule has 0 aliphatic heterocycles. The molecule has 0 spiro atoms. The first kappa shape index (κ1) is 28.5. The summed E-state index contributed by atoms with van der Waals surface area (Å²) in [5, 5.41) is 5.82. The molecule has 0 radical (unpaired) electrons. The van der Waals surface area contributed by atoms with Crippen LogP contribution < -0.4 is 10.6 Å². The molecule has 0 rings (SSSR count). The number of rotatable bonds is 11. The van der Waals surface area contributed by atoms with Crippen LogP contribution in [0.5, 0.6) is 0 Å². The minimum Gasteiger partial charge on any atom is -0.355 e. The van der Waals surface area contributed by atoms with Crippen molar-refractivity contribution >= 4 is 24.4 Å². The third-order valence-corrected chi connectivity index (χ3v) is 4.13. The molecule has 0 aromatic heterocycles. The Labute approximate surface area is 173 Å². The monoisotopic (exact) mass is 403 g/mol. The number of carbonyl (C=O) groups is 2. The predicted molar refractivity (Wildman–Crippen MR) is 120 cm³/mol. The smallest absolute Gasteiger partial charge is 0.225 e. The van der Waals surface area contributed by atoms with E-state index in [2.05, 4.69) is 69.8 Å². The molecule has 2 amide bonds. The van der Waals surface area contributed by atoms with Gasteiger partial charge in [0.2, 0.25) is 11.8 Å². The van der Waals surface area contributed by atoms with Crippen LogP contribution in [0.4, 0.5) is 0 Å². The highest BCUT2D eigenvalue weighted by atomic mass is 32.1. The van der Waals surface area contributed by atoms with Crippen molar-refractivity contribution in [2.45, 2.75) is 67.7 Å². The fourth-order valence-corrected chi connectivity index (χ4v) is 3.00. The van der Waals surface area contributed by atoms with E-state index in [4.69, 9.17) is 0 Å². The van der Waals surface area contributed by atoms with Crippen molar-refractivity contribution in [1.82, 2.24) is 15.5 Å². The molecule has 0 fully saturated rings. The molecule has 0 unspecified atom stereocenters. The minimum atomic E-state index is -0.423. The summed E-state index contributed by atoms with van der Waals surface area (Å²) in [5.41, 5.74) is -0.326. The van der Waals surface area contributed by atoms with Gasteiger partial charge in [-0.25, -0.2) is 0 Å². The fourth-order valence-electron chi connectivity index (χ4n) is 3.00. The normalized spacial score (nSPS) is 11.9. The molecule has 0 aliphatic rings. The number of likely N-dealkylation sites (N-methyl/N-ethyl adjacent to an activating group) is 1. The first-order valence-electron chi connectivity index (χ1n) is 10.0. The summed E-state index contributed by atoms with van der Waals surface area (Å²) in [6, 6.07) is 0. The van der Waals surface area contributed by atoms with Crippen LogP contribution in [0.15, 0.2) is 0 Å². The number of nitrogens with one attached hydrogen (secondary N) is 2. The average molecular weight is 404 g/mol. The molecule has 0 saturated heterocycles. The third kappa shape index (κ3) is 17.1. The summed E-state index contributed by atoms with van der Waals surface area (Å²) in [7, 11) is 2.08.